The Morgan fingerprint density at radius 3 is 2.42 bits per heavy atom. The van der Waals surface area contributed by atoms with Gasteiger partial charge >= 0.3 is 6.03 Å². The van der Waals surface area contributed by atoms with Crippen molar-refractivity contribution >= 4 is 23.7 Å². The third-order valence-corrected chi connectivity index (χ3v) is 5.49. The fraction of sp³-hybridized carbons (Fsp3) is 0.444. The number of anilines is 1. The zero-order valence-electron chi connectivity index (χ0n) is 14.1. The number of urea groups is 1. The molecule has 5 rings (SSSR count). The molecule has 1 aromatic rings. The first-order chi connectivity index (χ1) is 12.6. The average Bonchev–Trinajstić information content (AvgIpc) is 2.92. The molecular weight excluding hydrogens is 336 g/mol. The number of amides is 4. The van der Waals surface area contributed by atoms with Gasteiger partial charge in [0, 0.05) is 19.3 Å². The van der Waals surface area contributed by atoms with E-state index in [2.05, 4.69) is 27.8 Å². The Kier molecular flexibility index (Phi) is 4.10. The van der Waals surface area contributed by atoms with Crippen LogP contribution in [0.4, 0.5) is 10.6 Å². The van der Waals surface area contributed by atoms with Crippen LogP contribution in [0.2, 0.25) is 0 Å². The molecule has 3 aliphatic carbocycles. The van der Waals surface area contributed by atoms with Crippen LogP contribution >= 0.6 is 0 Å². The molecule has 2 bridgehead atoms. The van der Waals surface area contributed by atoms with Gasteiger partial charge < -0.3 is 10.4 Å². The number of allylic oxidation sites excluding steroid dienone is 2. The Morgan fingerprint density at radius 2 is 1.85 bits per heavy atom. The van der Waals surface area contributed by atoms with Crippen LogP contribution in [-0.4, -0.2) is 45.9 Å². The predicted molar refractivity (Wildman–Crippen MR) is 92.0 cm³/mol. The number of imide groups is 1. The van der Waals surface area contributed by atoms with E-state index < -0.39 is 6.03 Å². The highest BCUT2D eigenvalue weighted by Crippen LogP contribution is 2.49. The average molecular weight is 356 g/mol. The molecule has 0 spiro atoms. The number of carbonyl (C=O) groups is 3. The summed E-state index contributed by atoms with van der Waals surface area (Å²) in [4.78, 5) is 42.3. The Bertz CT molecular complexity index is 761. The molecule has 0 unspecified atom stereocenters. The molecule has 1 aromatic heterocycles. The van der Waals surface area contributed by atoms with Crippen LogP contribution in [-0.2, 0) is 9.59 Å². The number of fused-ring (bicyclic) bond motifs is 1. The molecule has 2 heterocycles. The van der Waals surface area contributed by atoms with Gasteiger partial charge in [-0.25, -0.2) is 9.78 Å². The number of hydrogen-bond donors (Lipinski definition) is 3. The molecule has 4 atom stereocenters. The molecule has 8 heteroatoms. The van der Waals surface area contributed by atoms with E-state index in [0.717, 1.165) is 12.8 Å². The minimum Gasteiger partial charge on any atom is -0.504 e. The smallest absolute Gasteiger partial charge is 0.320 e. The summed E-state index contributed by atoms with van der Waals surface area (Å²) in [5, 5.41) is 14.6. The molecule has 0 aromatic carbocycles. The van der Waals surface area contributed by atoms with Crippen molar-refractivity contribution in [2.75, 3.05) is 18.4 Å². The second-order valence-corrected chi connectivity index (χ2v) is 6.92. The molecule has 8 nitrogen and oxygen atoms in total. The fourth-order valence-electron chi connectivity index (χ4n) is 4.28. The molecule has 1 saturated heterocycles. The van der Waals surface area contributed by atoms with Crippen molar-refractivity contribution in [2.24, 2.45) is 23.7 Å². The van der Waals surface area contributed by atoms with Crippen LogP contribution in [0.15, 0.2) is 30.5 Å². The molecule has 136 valence electrons. The van der Waals surface area contributed by atoms with Gasteiger partial charge in [-0.1, -0.05) is 12.2 Å². The highest BCUT2D eigenvalue weighted by molar-refractivity contribution is 6.06. The lowest BCUT2D eigenvalue weighted by atomic mass is 9.63. The molecule has 4 amide bonds. The Hall–Kier alpha value is -2.90. The molecule has 1 aliphatic heterocycles. The maximum absolute atomic E-state index is 12.7. The maximum atomic E-state index is 12.7. The highest BCUT2D eigenvalue weighted by atomic mass is 16.3. The van der Waals surface area contributed by atoms with E-state index in [9.17, 15) is 19.5 Å². The number of hydrogen-bond acceptors (Lipinski definition) is 5. The van der Waals surface area contributed by atoms with E-state index in [0.29, 0.717) is 0 Å². The third kappa shape index (κ3) is 2.71. The highest BCUT2D eigenvalue weighted by Gasteiger charge is 2.56. The Labute approximate surface area is 150 Å². The summed E-state index contributed by atoms with van der Waals surface area (Å²) in [5.41, 5.74) is 0. The monoisotopic (exact) mass is 356 g/mol. The predicted octanol–water partition coefficient (Wildman–Crippen LogP) is 1.11. The van der Waals surface area contributed by atoms with Crippen LogP contribution < -0.4 is 10.6 Å². The minimum atomic E-state index is -0.558. The maximum Gasteiger partial charge on any atom is 0.320 e. The van der Waals surface area contributed by atoms with E-state index in [1.165, 1.54) is 17.2 Å². The number of rotatable bonds is 4. The molecule has 4 aliphatic rings. The van der Waals surface area contributed by atoms with Crippen LogP contribution in [0.1, 0.15) is 12.8 Å². The number of aromatic nitrogens is 1. The summed E-state index contributed by atoms with van der Waals surface area (Å²) in [5.74, 6) is -0.473. The summed E-state index contributed by atoms with van der Waals surface area (Å²) in [6, 6.07) is 2.40. The summed E-state index contributed by atoms with van der Waals surface area (Å²) in [6.45, 7) is 0.283. The molecule has 3 N–H and O–H groups in total. The molecule has 2 fully saturated rings. The SMILES string of the molecule is O=C(NCCN1C(=O)[C@@H]2[C@H](C1=O)[C@H]1C=C[C@H]2CC1)Nc1ncccc1O. The van der Waals surface area contributed by atoms with Crippen LogP contribution in [0.5, 0.6) is 5.75 Å². The normalized spacial score (nSPS) is 29.0. The largest absolute Gasteiger partial charge is 0.504 e. The van der Waals surface area contributed by atoms with Gasteiger partial charge in [0.2, 0.25) is 11.8 Å². The van der Waals surface area contributed by atoms with Crippen molar-refractivity contribution in [2.45, 2.75) is 12.8 Å². The first kappa shape index (κ1) is 16.6. The van der Waals surface area contributed by atoms with Crippen LogP contribution in [0.3, 0.4) is 0 Å². The van der Waals surface area contributed by atoms with Gasteiger partial charge in [0.25, 0.3) is 0 Å². The quantitative estimate of drug-likeness (QED) is 0.553. The zero-order chi connectivity index (χ0) is 18.3. The van der Waals surface area contributed by atoms with Gasteiger partial charge in [-0.2, -0.15) is 0 Å². The summed E-state index contributed by atoms with van der Waals surface area (Å²) in [7, 11) is 0. The lowest BCUT2D eigenvalue weighted by Gasteiger charge is -2.38. The van der Waals surface area contributed by atoms with Crippen molar-refractivity contribution in [1.82, 2.24) is 15.2 Å². The second kappa shape index (κ2) is 6.44. The standard InChI is InChI=1S/C18H20N4O4/c23-12-2-1-7-19-15(12)21-18(26)20-8-9-22-16(24)13-10-3-4-11(6-5-10)14(13)17(22)25/h1-4,7,10-11,13-14,23H,5-6,8-9H2,(H2,19,20,21,26)/t10-,11-,13-,14+/m0/s1. The molecular formula is C18H20N4O4. The number of nitrogens with one attached hydrogen (secondary N) is 2. The Balaban J connectivity index is 1.33. The first-order valence-corrected chi connectivity index (χ1v) is 8.78. The lowest BCUT2D eigenvalue weighted by Crippen LogP contribution is -2.40. The van der Waals surface area contributed by atoms with Crippen molar-refractivity contribution < 1.29 is 19.5 Å². The fourth-order valence-corrected chi connectivity index (χ4v) is 4.28. The topological polar surface area (TPSA) is 112 Å². The van der Waals surface area contributed by atoms with Gasteiger partial charge in [-0.15, -0.1) is 0 Å². The van der Waals surface area contributed by atoms with Crippen molar-refractivity contribution in [3.05, 3.63) is 30.5 Å². The van der Waals surface area contributed by atoms with E-state index >= 15 is 0 Å². The van der Waals surface area contributed by atoms with Crippen LogP contribution in [0.25, 0.3) is 0 Å². The van der Waals surface area contributed by atoms with E-state index in [1.807, 2.05) is 0 Å². The Morgan fingerprint density at radius 1 is 1.19 bits per heavy atom. The van der Waals surface area contributed by atoms with E-state index in [4.69, 9.17) is 0 Å². The van der Waals surface area contributed by atoms with Gasteiger partial charge in [-0.05, 0) is 36.8 Å². The number of aromatic hydroxyl groups is 1. The lowest BCUT2D eigenvalue weighted by molar-refractivity contribution is -0.140. The summed E-state index contributed by atoms with van der Waals surface area (Å²) >= 11 is 0. The van der Waals surface area contributed by atoms with Crippen molar-refractivity contribution in [3.8, 4) is 5.75 Å². The number of likely N-dealkylation sites (tertiary alicyclic amines) is 1. The third-order valence-electron chi connectivity index (χ3n) is 5.49. The van der Waals surface area contributed by atoms with Gasteiger partial charge in [0.15, 0.2) is 11.6 Å². The number of nitrogens with zero attached hydrogens (tertiary/aromatic N) is 2. The first-order valence-electron chi connectivity index (χ1n) is 8.78. The molecule has 1 saturated carbocycles. The summed E-state index contributed by atoms with van der Waals surface area (Å²) in [6.07, 6.45) is 7.53. The van der Waals surface area contributed by atoms with E-state index in [-0.39, 0.29) is 60.1 Å². The molecule has 0 radical (unpaired) electrons. The van der Waals surface area contributed by atoms with Gasteiger partial charge in [-0.3, -0.25) is 19.8 Å². The zero-order valence-corrected chi connectivity index (χ0v) is 14.1. The number of pyridine rings is 1. The van der Waals surface area contributed by atoms with Crippen molar-refractivity contribution in [1.29, 1.82) is 0 Å². The van der Waals surface area contributed by atoms with Gasteiger partial charge in [0.1, 0.15) is 0 Å². The number of carbonyl (C=O) groups excluding carboxylic acids is 3. The molecule has 26 heavy (non-hydrogen) atoms. The summed E-state index contributed by atoms with van der Waals surface area (Å²) < 4.78 is 0. The van der Waals surface area contributed by atoms with Crippen LogP contribution in [0, 0.1) is 23.7 Å². The van der Waals surface area contributed by atoms with Gasteiger partial charge in [0.05, 0.1) is 11.8 Å². The second-order valence-electron chi connectivity index (χ2n) is 6.92. The van der Waals surface area contributed by atoms with Crippen molar-refractivity contribution in [3.63, 3.8) is 0 Å². The minimum absolute atomic E-state index is 0.0481. The van der Waals surface area contributed by atoms with E-state index in [1.54, 1.807) is 6.07 Å².